The summed E-state index contributed by atoms with van der Waals surface area (Å²) in [5.41, 5.74) is 3.20. The molecule has 84 valence electrons. The fraction of sp³-hybridized carbons (Fsp3) is 0.308. The van der Waals surface area contributed by atoms with Crippen LogP contribution in [-0.2, 0) is 6.42 Å². The topological polar surface area (TPSA) is 12.9 Å². The fourth-order valence-electron chi connectivity index (χ4n) is 1.86. The highest BCUT2D eigenvalue weighted by molar-refractivity contribution is 9.10. The Hall–Kier alpha value is -0.600. The summed E-state index contributed by atoms with van der Waals surface area (Å²) in [7, 11) is 0. The zero-order chi connectivity index (χ0) is 11.7. The van der Waals surface area contributed by atoms with Crippen LogP contribution >= 0.6 is 27.5 Å². The molecule has 1 aromatic carbocycles. The Labute approximate surface area is 109 Å². The Morgan fingerprint density at radius 1 is 1.38 bits per heavy atom. The first-order chi connectivity index (χ1) is 7.63. The van der Waals surface area contributed by atoms with Crippen molar-refractivity contribution < 1.29 is 0 Å². The van der Waals surface area contributed by atoms with Crippen LogP contribution in [0.4, 0.5) is 0 Å². The molecule has 2 rings (SSSR count). The van der Waals surface area contributed by atoms with Gasteiger partial charge >= 0.3 is 0 Å². The van der Waals surface area contributed by atoms with Crippen LogP contribution < -0.4 is 0 Å². The van der Waals surface area contributed by atoms with Crippen LogP contribution in [0.25, 0.3) is 10.9 Å². The van der Waals surface area contributed by atoms with Crippen LogP contribution in [0, 0.1) is 6.92 Å². The summed E-state index contributed by atoms with van der Waals surface area (Å²) in [6.45, 7) is 4.20. The zero-order valence-electron chi connectivity index (χ0n) is 9.35. The van der Waals surface area contributed by atoms with Gasteiger partial charge in [-0.2, -0.15) is 0 Å². The van der Waals surface area contributed by atoms with Crippen LogP contribution in [0.3, 0.4) is 0 Å². The lowest BCUT2D eigenvalue weighted by Crippen LogP contribution is -1.93. The van der Waals surface area contributed by atoms with Gasteiger partial charge in [-0.3, -0.25) is 4.98 Å². The minimum absolute atomic E-state index is 0.798. The second-order valence-electron chi connectivity index (χ2n) is 3.93. The largest absolute Gasteiger partial charge is 0.252 e. The number of nitrogens with zero attached hydrogens (tertiary/aromatic N) is 1. The normalized spacial score (nSPS) is 11.0. The number of hydrogen-bond acceptors (Lipinski definition) is 1. The van der Waals surface area contributed by atoms with Crippen LogP contribution in [0.2, 0.25) is 5.02 Å². The summed E-state index contributed by atoms with van der Waals surface area (Å²) in [6.07, 6.45) is 2.05. The summed E-state index contributed by atoms with van der Waals surface area (Å²) in [5.74, 6) is 0. The molecular formula is C13H13BrClN. The van der Waals surface area contributed by atoms with Crippen molar-refractivity contribution >= 4 is 38.4 Å². The molecule has 1 nitrogen and oxygen atoms in total. The van der Waals surface area contributed by atoms with Gasteiger partial charge in [0.2, 0.25) is 0 Å². The molecule has 1 heterocycles. The maximum absolute atomic E-state index is 6.31. The van der Waals surface area contributed by atoms with Crippen molar-refractivity contribution in [2.75, 3.05) is 0 Å². The van der Waals surface area contributed by atoms with Crippen molar-refractivity contribution in [3.63, 3.8) is 0 Å². The van der Waals surface area contributed by atoms with E-state index >= 15 is 0 Å². The smallest absolute Gasteiger partial charge is 0.0864 e. The van der Waals surface area contributed by atoms with Gasteiger partial charge in [0.05, 0.1) is 10.5 Å². The molecular weight excluding hydrogens is 286 g/mol. The Morgan fingerprint density at radius 2 is 2.12 bits per heavy atom. The van der Waals surface area contributed by atoms with E-state index in [2.05, 4.69) is 40.8 Å². The summed E-state index contributed by atoms with van der Waals surface area (Å²) in [4.78, 5) is 4.65. The van der Waals surface area contributed by atoms with Crippen molar-refractivity contribution in [3.05, 3.63) is 39.0 Å². The molecule has 0 bridgehead atoms. The third kappa shape index (κ3) is 2.09. The van der Waals surface area contributed by atoms with Crippen molar-refractivity contribution in [3.8, 4) is 0 Å². The average molecular weight is 299 g/mol. The van der Waals surface area contributed by atoms with Crippen molar-refractivity contribution in [1.82, 2.24) is 4.98 Å². The molecule has 0 atom stereocenters. The number of aromatic nitrogens is 1. The zero-order valence-corrected chi connectivity index (χ0v) is 11.7. The number of benzene rings is 1. The van der Waals surface area contributed by atoms with Gasteiger partial charge in [0, 0.05) is 15.6 Å². The van der Waals surface area contributed by atoms with Crippen LogP contribution in [0.1, 0.15) is 24.6 Å². The molecule has 16 heavy (non-hydrogen) atoms. The average Bonchev–Trinajstić information content (AvgIpc) is 2.23. The molecule has 0 amide bonds. The highest BCUT2D eigenvalue weighted by Gasteiger charge is 2.09. The Balaban J connectivity index is 2.76. The maximum Gasteiger partial charge on any atom is 0.0864 e. The van der Waals surface area contributed by atoms with Gasteiger partial charge in [0.15, 0.2) is 0 Å². The number of fused-ring (bicyclic) bond motifs is 1. The molecule has 0 aliphatic carbocycles. The minimum Gasteiger partial charge on any atom is -0.252 e. The Bertz CT molecular complexity index is 537. The molecule has 1 aromatic heterocycles. The molecule has 0 saturated carbocycles. The minimum atomic E-state index is 0.798. The van der Waals surface area contributed by atoms with Crippen molar-refractivity contribution in [2.45, 2.75) is 26.7 Å². The van der Waals surface area contributed by atoms with Gasteiger partial charge in [-0.25, -0.2) is 0 Å². The standard InChI is InChI=1S/C13H13BrClN/c1-3-4-9-7-11(15)12-8(2)5-6-10(14)13(12)16-9/h5-7H,3-4H2,1-2H3. The van der Waals surface area contributed by atoms with E-state index in [0.717, 1.165) is 38.9 Å². The van der Waals surface area contributed by atoms with E-state index in [0.29, 0.717) is 0 Å². The van der Waals surface area contributed by atoms with E-state index in [1.165, 1.54) is 5.56 Å². The lowest BCUT2D eigenvalue weighted by molar-refractivity contribution is 0.889. The van der Waals surface area contributed by atoms with E-state index in [9.17, 15) is 0 Å². The van der Waals surface area contributed by atoms with Crippen LogP contribution in [0.5, 0.6) is 0 Å². The molecule has 2 aromatic rings. The summed E-state index contributed by atoms with van der Waals surface area (Å²) < 4.78 is 1.01. The Morgan fingerprint density at radius 3 is 2.81 bits per heavy atom. The maximum atomic E-state index is 6.31. The first kappa shape index (κ1) is 11.9. The number of pyridine rings is 1. The number of halogens is 2. The lowest BCUT2D eigenvalue weighted by Gasteiger charge is -2.08. The molecule has 0 aliphatic heterocycles. The first-order valence-corrected chi connectivity index (χ1v) is 6.54. The fourth-order valence-corrected chi connectivity index (χ4v) is 2.64. The van der Waals surface area contributed by atoms with E-state index in [1.807, 2.05) is 12.1 Å². The first-order valence-electron chi connectivity index (χ1n) is 5.37. The van der Waals surface area contributed by atoms with Crippen LogP contribution in [0.15, 0.2) is 22.7 Å². The summed E-state index contributed by atoms with van der Waals surface area (Å²) in [5, 5.41) is 1.85. The quantitative estimate of drug-likeness (QED) is 0.767. The van der Waals surface area contributed by atoms with Gasteiger partial charge in [-0.15, -0.1) is 0 Å². The Kier molecular flexibility index (Phi) is 3.50. The molecule has 0 N–H and O–H groups in total. The van der Waals surface area contributed by atoms with Crippen LogP contribution in [-0.4, -0.2) is 4.98 Å². The highest BCUT2D eigenvalue weighted by Crippen LogP contribution is 2.31. The highest BCUT2D eigenvalue weighted by atomic mass is 79.9. The van der Waals surface area contributed by atoms with E-state index in [4.69, 9.17) is 11.6 Å². The number of hydrogen-bond donors (Lipinski definition) is 0. The molecule has 0 spiro atoms. The third-order valence-corrected chi connectivity index (χ3v) is 3.57. The summed E-state index contributed by atoms with van der Waals surface area (Å²) in [6, 6.07) is 6.06. The van der Waals surface area contributed by atoms with Crippen molar-refractivity contribution in [1.29, 1.82) is 0 Å². The molecule has 0 radical (unpaired) electrons. The molecule has 0 aliphatic rings. The monoisotopic (exact) mass is 297 g/mol. The lowest BCUT2D eigenvalue weighted by atomic mass is 10.1. The third-order valence-electron chi connectivity index (χ3n) is 2.63. The van der Waals surface area contributed by atoms with E-state index in [-0.39, 0.29) is 0 Å². The molecule has 0 saturated heterocycles. The van der Waals surface area contributed by atoms with Gasteiger partial charge in [0.1, 0.15) is 0 Å². The predicted molar refractivity (Wildman–Crippen MR) is 73.2 cm³/mol. The van der Waals surface area contributed by atoms with E-state index in [1.54, 1.807) is 0 Å². The molecule has 0 fully saturated rings. The molecule has 0 unspecified atom stereocenters. The number of aryl methyl sites for hydroxylation is 2. The van der Waals surface area contributed by atoms with Crippen molar-refractivity contribution in [2.24, 2.45) is 0 Å². The SMILES string of the molecule is CCCc1cc(Cl)c2c(C)ccc(Br)c2n1. The molecule has 3 heteroatoms. The second kappa shape index (κ2) is 4.72. The van der Waals surface area contributed by atoms with Gasteiger partial charge in [0.25, 0.3) is 0 Å². The van der Waals surface area contributed by atoms with Gasteiger partial charge in [-0.1, -0.05) is 31.0 Å². The second-order valence-corrected chi connectivity index (χ2v) is 5.19. The predicted octanol–water partition coefficient (Wildman–Crippen LogP) is 4.91. The van der Waals surface area contributed by atoms with Gasteiger partial charge in [-0.05, 0) is 47.0 Å². The number of rotatable bonds is 2. The van der Waals surface area contributed by atoms with Gasteiger partial charge < -0.3 is 0 Å². The van der Waals surface area contributed by atoms with E-state index < -0.39 is 0 Å². The summed E-state index contributed by atoms with van der Waals surface area (Å²) >= 11 is 9.84.